The van der Waals surface area contributed by atoms with E-state index in [1.807, 2.05) is 39.8 Å². The first-order valence-electron chi connectivity index (χ1n) is 5.06. The lowest BCUT2D eigenvalue weighted by Crippen LogP contribution is -2.29. The summed E-state index contributed by atoms with van der Waals surface area (Å²) in [6, 6.07) is 0. The molecule has 0 aromatic rings. The maximum atomic E-state index is 11.8. The fourth-order valence-corrected chi connectivity index (χ4v) is 2.00. The molecule has 0 fully saturated rings. The number of hydrogen-bond acceptors (Lipinski definition) is 2. The van der Waals surface area contributed by atoms with Gasteiger partial charge in [-0.15, -0.1) is 0 Å². The molecule has 3 heteroatoms. The molecule has 84 valence electrons. The molecule has 0 saturated carbocycles. The van der Waals surface area contributed by atoms with Crippen molar-refractivity contribution in [1.29, 1.82) is 0 Å². The number of esters is 1. The molecule has 1 rings (SSSR count). The van der Waals surface area contributed by atoms with Crippen LogP contribution in [0.5, 0.6) is 0 Å². The Balaban J connectivity index is 2.68. The molecule has 0 spiro atoms. The average Bonchev–Trinajstić information content (AvgIpc) is 1.99. The quantitative estimate of drug-likeness (QED) is 0.683. The number of allylic oxidation sites excluding steroid dienone is 3. The van der Waals surface area contributed by atoms with Crippen LogP contribution < -0.4 is 0 Å². The van der Waals surface area contributed by atoms with Crippen molar-refractivity contribution >= 4 is 21.9 Å². The van der Waals surface area contributed by atoms with Gasteiger partial charge >= 0.3 is 5.97 Å². The number of hydrogen-bond donors (Lipinski definition) is 0. The zero-order chi connectivity index (χ0) is 11.6. The molecular weight excluding hydrogens is 256 g/mol. The van der Waals surface area contributed by atoms with Crippen LogP contribution in [0.1, 0.15) is 34.1 Å². The van der Waals surface area contributed by atoms with E-state index in [0.717, 1.165) is 16.5 Å². The van der Waals surface area contributed by atoms with E-state index in [2.05, 4.69) is 15.9 Å². The highest BCUT2D eigenvalue weighted by molar-refractivity contribution is 9.11. The van der Waals surface area contributed by atoms with Crippen LogP contribution in [-0.4, -0.2) is 11.6 Å². The van der Waals surface area contributed by atoms with Gasteiger partial charge in [0.05, 0.1) is 5.92 Å². The van der Waals surface area contributed by atoms with E-state index >= 15 is 0 Å². The van der Waals surface area contributed by atoms with Gasteiger partial charge in [0.25, 0.3) is 0 Å². The summed E-state index contributed by atoms with van der Waals surface area (Å²) in [7, 11) is 0. The molecule has 0 heterocycles. The van der Waals surface area contributed by atoms with Crippen LogP contribution in [0, 0.1) is 5.92 Å². The maximum absolute atomic E-state index is 11.8. The minimum Gasteiger partial charge on any atom is -0.459 e. The maximum Gasteiger partial charge on any atom is 0.313 e. The van der Waals surface area contributed by atoms with Crippen molar-refractivity contribution in [1.82, 2.24) is 0 Å². The second kappa shape index (κ2) is 4.52. The van der Waals surface area contributed by atoms with E-state index in [0.29, 0.717) is 0 Å². The highest BCUT2D eigenvalue weighted by Crippen LogP contribution is 2.28. The molecule has 1 aliphatic carbocycles. The largest absolute Gasteiger partial charge is 0.459 e. The first-order valence-corrected chi connectivity index (χ1v) is 5.85. The fraction of sp³-hybridized carbons (Fsp3) is 0.583. The molecule has 1 atom stereocenters. The van der Waals surface area contributed by atoms with Crippen LogP contribution in [0.3, 0.4) is 0 Å². The lowest BCUT2D eigenvalue weighted by atomic mass is 9.92. The molecule has 0 radical (unpaired) electrons. The Bertz CT molecular complexity index is 321. The van der Waals surface area contributed by atoms with Gasteiger partial charge in [0, 0.05) is 4.48 Å². The molecule has 15 heavy (non-hydrogen) atoms. The van der Waals surface area contributed by atoms with Crippen molar-refractivity contribution in [3.63, 3.8) is 0 Å². The van der Waals surface area contributed by atoms with Gasteiger partial charge in [-0.1, -0.05) is 27.6 Å². The molecule has 1 aliphatic rings. The van der Waals surface area contributed by atoms with Gasteiger partial charge in [-0.3, -0.25) is 4.79 Å². The third-order valence-corrected chi connectivity index (χ3v) is 2.71. The van der Waals surface area contributed by atoms with Crippen molar-refractivity contribution in [2.45, 2.75) is 39.7 Å². The number of ether oxygens (including phenoxy) is 1. The molecule has 0 aromatic heterocycles. The predicted octanol–water partition coefficient (Wildman–Crippen LogP) is 3.57. The minimum atomic E-state index is -0.407. The summed E-state index contributed by atoms with van der Waals surface area (Å²) in [6.07, 6.45) is 4.69. The Morgan fingerprint density at radius 3 is 2.60 bits per heavy atom. The summed E-state index contributed by atoms with van der Waals surface area (Å²) in [5.41, 5.74) is 0.647. The van der Waals surface area contributed by atoms with Gasteiger partial charge in [0.1, 0.15) is 5.60 Å². The lowest BCUT2D eigenvalue weighted by Gasteiger charge is -2.25. The van der Waals surface area contributed by atoms with Crippen molar-refractivity contribution in [3.05, 3.63) is 22.2 Å². The van der Waals surface area contributed by atoms with E-state index in [-0.39, 0.29) is 11.9 Å². The third kappa shape index (κ3) is 3.82. The van der Waals surface area contributed by atoms with Gasteiger partial charge in [0.15, 0.2) is 0 Å². The van der Waals surface area contributed by atoms with Gasteiger partial charge in [-0.25, -0.2) is 0 Å². The van der Waals surface area contributed by atoms with Crippen molar-refractivity contribution in [2.75, 3.05) is 0 Å². The first-order chi connectivity index (χ1) is 6.79. The Hall–Kier alpha value is -0.570. The number of halogens is 1. The molecule has 0 bridgehead atoms. The Morgan fingerprint density at radius 2 is 2.13 bits per heavy atom. The highest BCUT2D eigenvalue weighted by Gasteiger charge is 2.27. The zero-order valence-corrected chi connectivity index (χ0v) is 11.2. The van der Waals surface area contributed by atoms with Crippen LogP contribution in [0.25, 0.3) is 0 Å². The minimum absolute atomic E-state index is 0.120. The van der Waals surface area contributed by atoms with Crippen LogP contribution in [0.4, 0.5) is 0 Å². The van der Waals surface area contributed by atoms with Gasteiger partial charge in [-0.05, 0) is 40.2 Å². The van der Waals surface area contributed by atoms with Gasteiger partial charge in [-0.2, -0.15) is 0 Å². The Labute approximate surface area is 99.5 Å². The number of rotatable bonds is 1. The first kappa shape index (κ1) is 12.5. The highest BCUT2D eigenvalue weighted by atomic mass is 79.9. The van der Waals surface area contributed by atoms with Crippen molar-refractivity contribution in [2.24, 2.45) is 5.92 Å². The SMILES string of the molecule is CC1=CC(Br)=CCC1C(=O)OC(C)(C)C. The average molecular weight is 273 g/mol. The third-order valence-electron chi connectivity index (χ3n) is 2.16. The molecule has 0 N–H and O–H groups in total. The molecule has 0 amide bonds. The van der Waals surface area contributed by atoms with E-state index in [4.69, 9.17) is 4.74 Å². The normalized spacial score (nSPS) is 21.8. The van der Waals surface area contributed by atoms with Crippen LogP contribution >= 0.6 is 15.9 Å². The second-order valence-corrected chi connectivity index (χ2v) is 5.71. The zero-order valence-electron chi connectivity index (χ0n) is 9.63. The molecule has 0 aromatic carbocycles. The van der Waals surface area contributed by atoms with Crippen LogP contribution in [-0.2, 0) is 9.53 Å². The van der Waals surface area contributed by atoms with E-state index in [9.17, 15) is 4.79 Å². The van der Waals surface area contributed by atoms with Crippen LogP contribution in [0.2, 0.25) is 0 Å². The lowest BCUT2D eigenvalue weighted by molar-refractivity contribution is -0.158. The Kier molecular flexibility index (Phi) is 3.77. The van der Waals surface area contributed by atoms with Crippen molar-refractivity contribution in [3.8, 4) is 0 Å². The van der Waals surface area contributed by atoms with Gasteiger partial charge in [0.2, 0.25) is 0 Å². The smallest absolute Gasteiger partial charge is 0.313 e. The summed E-state index contributed by atoms with van der Waals surface area (Å²) in [4.78, 5) is 11.8. The monoisotopic (exact) mass is 272 g/mol. The fourth-order valence-electron chi connectivity index (χ4n) is 1.45. The number of carbonyl (C=O) groups excluding carboxylic acids is 1. The van der Waals surface area contributed by atoms with E-state index in [1.54, 1.807) is 0 Å². The molecular formula is C12H17BrO2. The van der Waals surface area contributed by atoms with E-state index < -0.39 is 5.60 Å². The summed E-state index contributed by atoms with van der Waals surface area (Å²) < 4.78 is 6.40. The molecule has 2 nitrogen and oxygen atoms in total. The summed E-state index contributed by atoms with van der Waals surface area (Å²) in [5, 5.41) is 0. The predicted molar refractivity (Wildman–Crippen MR) is 64.7 cm³/mol. The van der Waals surface area contributed by atoms with Crippen LogP contribution in [0.15, 0.2) is 22.2 Å². The molecule has 0 aliphatic heterocycles. The topological polar surface area (TPSA) is 26.3 Å². The molecule has 1 unspecified atom stereocenters. The Morgan fingerprint density at radius 1 is 1.53 bits per heavy atom. The van der Waals surface area contributed by atoms with E-state index in [1.165, 1.54) is 0 Å². The van der Waals surface area contributed by atoms with Crippen molar-refractivity contribution < 1.29 is 9.53 Å². The number of carbonyl (C=O) groups is 1. The molecule has 0 saturated heterocycles. The second-order valence-electron chi connectivity index (χ2n) is 4.80. The summed E-state index contributed by atoms with van der Waals surface area (Å²) >= 11 is 3.40. The van der Waals surface area contributed by atoms with Gasteiger partial charge < -0.3 is 4.74 Å². The summed E-state index contributed by atoms with van der Waals surface area (Å²) in [6.45, 7) is 7.62. The summed E-state index contributed by atoms with van der Waals surface area (Å²) in [5.74, 6) is -0.252. The standard InChI is InChI=1S/C12H17BrO2/c1-8-7-9(13)5-6-10(8)11(14)15-12(2,3)4/h5,7,10H,6H2,1-4H3.